The van der Waals surface area contributed by atoms with Gasteiger partial charge in [-0.2, -0.15) is 22.7 Å². The lowest BCUT2D eigenvalue weighted by Gasteiger charge is -2.42. The quantitative estimate of drug-likeness (QED) is 0.775. The molecule has 2 N–H and O–H groups in total. The number of aromatic nitrogens is 3. The van der Waals surface area contributed by atoms with Crippen LogP contribution < -0.4 is 9.62 Å². The molecule has 2 fully saturated rings. The fourth-order valence-electron chi connectivity index (χ4n) is 4.02. The van der Waals surface area contributed by atoms with Gasteiger partial charge in [0.2, 0.25) is 0 Å². The number of hydrogen-bond donors (Lipinski definition) is 2. The van der Waals surface area contributed by atoms with Crippen LogP contribution >= 0.6 is 0 Å². The van der Waals surface area contributed by atoms with Gasteiger partial charge >= 0.3 is 0 Å². The maximum atomic E-state index is 12.7. The average molecular weight is 404 g/mol. The lowest BCUT2D eigenvalue weighted by molar-refractivity contribution is 0.307. The van der Waals surface area contributed by atoms with Crippen molar-refractivity contribution >= 4 is 27.1 Å². The molecule has 1 unspecified atom stereocenters. The SMILES string of the molecule is C[C@H]1CN(S(=O)(=O)NC2CC(N(C)c3ncnc4[nH]ccc34)C2)CC1(C)C#N. The minimum atomic E-state index is -3.59. The average Bonchev–Trinajstić information content (AvgIpc) is 3.22. The molecule has 1 saturated carbocycles. The third kappa shape index (κ3) is 3.13. The number of aromatic amines is 1. The summed E-state index contributed by atoms with van der Waals surface area (Å²) in [4.78, 5) is 13.8. The zero-order valence-corrected chi connectivity index (χ0v) is 17.1. The summed E-state index contributed by atoms with van der Waals surface area (Å²) in [5, 5.41) is 10.3. The van der Waals surface area contributed by atoms with E-state index in [1.807, 2.05) is 33.2 Å². The van der Waals surface area contributed by atoms with E-state index in [2.05, 4.69) is 30.6 Å². The molecular weight excluding hydrogens is 378 g/mol. The molecule has 2 aliphatic rings. The first-order valence-electron chi connectivity index (χ1n) is 9.43. The highest BCUT2D eigenvalue weighted by Gasteiger charge is 2.46. The van der Waals surface area contributed by atoms with E-state index in [9.17, 15) is 13.7 Å². The number of rotatable bonds is 5. The van der Waals surface area contributed by atoms with Gasteiger partial charge < -0.3 is 9.88 Å². The molecule has 0 bridgehead atoms. The summed E-state index contributed by atoms with van der Waals surface area (Å²) in [7, 11) is -1.61. The monoisotopic (exact) mass is 403 g/mol. The molecule has 2 aromatic heterocycles. The van der Waals surface area contributed by atoms with Crippen LogP contribution in [-0.4, -0.2) is 59.9 Å². The van der Waals surface area contributed by atoms with Crippen molar-refractivity contribution in [3.63, 3.8) is 0 Å². The maximum absolute atomic E-state index is 12.7. The Kier molecular flexibility index (Phi) is 4.56. The second-order valence-corrected chi connectivity index (χ2v) is 9.92. The van der Waals surface area contributed by atoms with Gasteiger partial charge in [0.05, 0.1) is 16.9 Å². The number of anilines is 1. The van der Waals surface area contributed by atoms with Crippen LogP contribution in [0.25, 0.3) is 11.0 Å². The Morgan fingerprint density at radius 3 is 2.86 bits per heavy atom. The van der Waals surface area contributed by atoms with Crippen LogP contribution in [-0.2, 0) is 10.2 Å². The highest BCUT2D eigenvalue weighted by Crippen LogP contribution is 2.37. The van der Waals surface area contributed by atoms with E-state index in [1.54, 1.807) is 0 Å². The lowest BCUT2D eigenvalue weighted by Crippen LogP contribution is -2.55. The molecule has 0 radical (unpaired) electrons. The Balaban J connectivity index is 1.38. The number of H-pyrrole nitrogens is 1. The summed E-state index contributed by atoms with van der Waals surface area (Å²) in [6, 6.07) is 4.32. The van der Waals surface area contributed by atoms with Crippen LogP contribution in [0.3, 0.4) is 0 Å². The first-order chi connectivity index (χ1) is 13.2. The molecule has 10 heteroatoms. The van der Waals surface area contributed by atoms with Crippen molar-refractivity contribution < 1.29 is 8.42 Å². The standard InChI is InChI=1S/C18H25N7O2S/c1-12-8-25(10-18(12,2)9-19)28(26,27)23-13-6-14(7-13)24(3)17-15-4-5-20-16(15)21-11-22-17/h4-5,11-14,23H,6-8,10H2,1-3H3,(H,20,21,22)/t12-,13?,14?,18?/m0/s1. The van der Waals surface area contributed by atoms with Gasteiger partial charge in [0.1, 0.15) is 17.8 Å². The summed E-state index contributed by atoms with van der Waals surface area (Å²) < 4.78 is 29.7. The van der Waals surface area contributed by atoms with Crippen molar-refractivity contribution in [2.24, 2.45) is 11.3 Å². The van der Waals surface area contributed by atoms with E-state index in [4.69, 9.17) is 0 Å². The van der Waals surface area contributed by atoms with Crippen LogP contribution in [0, 0.1) is 22.7 Å². The second-order valence-electron chi connectivity index (χ2n) is 8.22. The molecule has 0 spiro atoms. The molecule has 28 heavy (non-hydrogen) atoms. The Morgan fingerprint density at radius 2 is 2.18 bits per heavy atom. The predicted molar refractivity (Wildman–Crippen MR) is 106 cm³/mol. The number of nitriles is 1. The molecule has 1 aliphatic carbocycles. The van der Waals surface area contributed by atoms with Crippen molar-refractivity contribution in [2.75, 3.05) is 25.0 Å². The zero-order chi connectivity index (χ0) is 20.1. The third-order valence-electron chi connectivity index (χ3n) is 6.31. The number of nitrogens with one attached hydrogen (secondary N) is 2. The fraction of sp³-hybridized carbons (Fsp3) is 0.611. The number of nitrogens with zero attached hydrogens (tertiary/aromatic N) is 5. The van der Waals surface area contributed by atoms with Crippen molar-refractivity contribution in [2.45, 2.75) is 38.8 Å². The minimum Gasteiger partial charge on any atom is -0.356 e. The molecule has 1 saturated heterocycles. The first kappa shape index (κ1) is 19.1. The van der Waals surface area contributed by atoms with E-state index in [0.717, 1.165) is 16.9 Å². The van der Waals surface area contributed by atoms with E-state index in [-0.39, 0.29) is 24.5 Å². The second kappa shape index (κ2) is 6.69. The lowest BCUT2D eigenvalue weighted by atomic mass is 9.83. The number of fused-ring (bicyclic) bond motifs is 1. The smallest absolute Gasteiger partial charge is 0.279 e. The maximum Gasteiger partial charge on any atom is 0.279 e. The van der Waals surface area contributed by atoms with Gasteiger partial charge in [-0.1, -0.05) is 6.92 Å². The van der Waals surface area contributed by atoms with E-state index >= 15 is 0 Å². The fourth-order valence-corrected chi connectivity index (χ4v) is 5.64. The molecule has 2 aromatic rings. The van der Waals surface area contributed by atoms with Gasteiger partial charge in [-0.15, -0.1) is 0 Å². The van der Waals surface area contributed by atoms with Crippen LogP contribution in [0.1, 0.15) is 26.7 Å². The summed E-state index contributed by atoms with van der Waals surface area (Å²) in [5.41, 5.74) is 0.156. The molecule has 0 aromatic carbocycles. The normalized spacial score (nSPS) is 30.9. The Morgan fingerprint density at radius 1 is 1.43 bits per heavy atom. The summed E-state index contributed by atoms with van der Waals surface area (Å²) in [6.07, 6.45) is 4.79. The highest BCUT2D eigenvalue weighted by atomic mass is 32.2. The van der Waals surface area contributed by atoms with Crippen LogP contribution in [0.4, 0.5) is 5.82 Å². The van der Waals surface area contributed by atoms with E-state index < -0.39 is 15.6 Å². The van der Waals surface area contributed by atoms with Gasteiger partial charge in [-0.3, -0.25) is 0 Å². The largest absolute Gasteiger partial charge is 0.356 e. The highest BCUT2D eigenvalue weighted by molar-refractivity contribution is 7.87. The van der Waals surface area contributed by atoms with E-state index in [0.29, 0.717) is 19.4 Å². The molecule has 9 nitrogen and oxygen atoms in total. The molecule has 3 heterocycles. The molecule has 4 rings (SSSR count). The van der Waals surface area contributed by atoms with E-state index in [1.165, 1.54) is 10.6 Å². The minimum absolute atomic E-state index is 0.0101. The first-order valence-corrected chi connectivity index (χ1v) is 10.9. The van der Waals surface area contributed by atoms with Crippen molar-refractivity contribution in [3.8, 4) is 6.07 Å². The molecule has 0 amide bonds. The van der Waals surface area contributed by atoms with Gasteiger partial charge in [-0.05, 0) is 31.7 Å². The summed E-state index contributed by atoms with van der Waals surface area (Å²) in [6.45, 7) is 4.37. The molecule has 1 aliphatic heterocycles. The summed E-state index contributed by atoms with van der Waals surface area (Å²) in [5.74, 6) is 0.853. The molecule has 2 atom stereocenters. The van der Waals surface area contributed by atoms with Gasteiger partial charge in [-0.25, -0.2) is 9.97 Å². The zero-order valence-electron chi connectivity index (χ0n) is 16.3. The van der Waals surface area contributed by atoms with Crippen LogP contribution in [0.2, 0.25) is 0 Å². The van der Waals surface area contributed by atoms with Crippen molar-refractivity contribution in [3.05, 3.63) is 18.6 Å². The third-order valence-corrected chi connectivity index (χ3v) is 7.90. The Bertz CT molecular complexity index is 1020. The molecular formula is C18H25N7O2S. The van der Waals surface area contributed by atoms with Crippen molar-refractivity contribution in [1.29, 1.82) is 5.26 Å². The Labute approximate surface area is 164 Å². The summed E-state index contributed by atoms with van der Waals surface area (Å²) >= 11 is 0. The van der Waals surface area contributed by atoms with Crippen LogP contribution in [0.15, 0.2) is 18.6 Å². The number of hydrogen-bond acceptors (Lipinski definition) is 6. The van der Waals surface area contributed by atoms with Crippen molar-refractivity contribution in [1.82, 2.24) is 24.0 Å². The van der Waals surface area contributed by atoms with Gasteiger partial charge in [0.15, 0.2) is 0 Å². The molecule has 150 valence electrons. The van der Waals surface area contributed by atoms with Crippen LogP contribution in [0.5, 0.6) is 0 Å². The van der Waals surface area contributed by atoms with Gasteiger partial charge in [0, 0.05) is 38.4 Å². The van der Waals surface area contributed by atoms with Gasteiger partial charge in [0.25, 0.3) is 10.2 Å². The topological polar surface area (TPSA) is 118 Å². The Hall–Kier alpha value is -2.22. The predicted octanol–water partition coefficient (Wildman–Crippen LogP) is 1.24.